The van der Waals surface area contributed by atoms with E-state index in [0.717, 1.165) is 16.7 Å². The average molecular weight is 197 g/mol. The van der Waals surface area contributed by atoms with Crippen LogP contribution in [-0.2, 0) is 7.05 Å². The van der Waals surface area contributed by atoms with Crippen LogP contribution >= 0.6 is 0 Å². The zero-order valence-corrected chi connectivity index (χ0v) is 8.73. The Kier molecular flexibility index (Phi) is 1.57. The van der Waals surface area contributed by atoms with E-state index in [1.807, 2.05) is 30.9 Å². The van der Waals surface area contributed by atoms with Crippen molar-refractivity contribution >= 4 is 21.8 Å². The Morgan fingerprint density at radius 1 is 1.27 bits per heavy atom. The molecule has 74 valence electrons. The molecule has 3 aromatic rings. The minimum absolute atomic E-state index is 1.02. The maximum absolute atomic E-state index is 4.40. The van der Waals surface area contributed by atoms with Gasteiger partial charge in [0.15, 0.2) is 0 Å². The first-order valence-corrected chi connectivity index (χ1v) is 4.94. The summed E-state index contributed by atoms with van der Waals surface area (Å²) in [5, 5.41) is 6.78. The quantitative estimate of drug-likeness (QED) is 0.554. The van der Waals surface area contributed by atoms with Gasteiger partial charge in [-0.1, -0.05) is 6.07 Å². The second kappa shape index (κ2) is 2.79. The fourth-order valence-electron chi connectivity index (χ4n) is 2.00. The third kappa shape index (κ3) is 1.13. The van der Waals surface area contributed by atoms with Crippen LogP contribution < -0.4 is 0 Å². The number of hydrogen-bond acceptors (Lipinski definition) is 2. The van der Waals surface area contributed by atoms with Crippen molar-refractivity contribution in [3.63, 3.8) is 0 Å². The van der Waals surface area contributed by atoms with Crippen molar-refractivity contribution in [3.05, 3.63) is 36.2 Å². The van der Waals surface area contributed by atoms with Crippen molar-refractivity contribution < 1.29 is 0 Å². The Hall–Kier alpha value is -1.90. The normalized spacial score (nSPS) is 11.3. The average Bonchev–Trinajstić information content (AvgIpc) is 2.52. The predicted octanol–water partition coefficient (Wildman–Crippen LogP) is 2.43. The summed E-state index contributed by atoms with van der Waals surface area (Å²) in [6, 6.07) is 8.28. The first-order chi connectivity index (χ1) is 7.25. The Labute approximate surface area is 87.4 Å². The molecule has 0 saturated heterocycles. The maximum Gasteiger partial charge on any atom is 0.0723 e. The first-order valence-electron chi connectivity index (χ1n) is 4.94. The smallest absolute Gasteiger partial charge is 0.0723 e. The van der Waals surface area contributed by atoms with Gasteiger partial charge in [-0.25, -0.2) is 0 Å². The molecule has 0 aliphatic carbocycles. The number of aryl methyl sites for hydroxylation is 2. The molecular formula is C12H11N3. The van der Waals surface area contributed by atoms with Gasteiger partial charge in [0, 0.05) is 24.0 Å². The van der Waals surface area contributed by atoms with Crippen molar-refractivity contribution in [1.29, 1.82) is 0 Å². The Morgan fingerprint density at radius 2 is 2.13 bits per heavy atom. The van der Waals surface area contributed by atoms with Crippen LogP contribution in [0.1, 0.15) is 5.69 Å². The highest BCUT2D eigenvalue weighted by molar-refractivity contribution is 5.95. The van der Waals surface area contributed by atoms with E-state index >= 15 is 0 Å². The maximum atomic E-state index is 4.40. The van der Waals surface area contributed by atoms with Crippen molar-refractivity contribution in [2.24, 2.45) is 7.05 Å². The van der Waals surface area contributed by atoms with Crippen LogP contribution in [0.3, 0.4) is 0 Å². The van der Waals surface area contributed by atoms with Gasteiger partial charge in [-0.3, -0.25) is 9.67 Å². The largest absolute Gasteiger partial charge is 0.268 e. The lowest BCUT2D eigenvalue weighted by molar-refractivity contribution is 0.783. The van der Waals surface area contributed by atoms with Crippen LogP contribution in [0.2, 0.25) is 0 Å². The molecular weight excluding hydrogens is 186 g/mol. The number of fused-ring (bicyclic) bond motifs is 2. The Morgan fingerprint density at radius 3 is 3.00 bits per heavy atom. The van der Waals surface area contributed by atoms with Crippen LogP contribution in [0.5, 0.6) is 0 Å². The lowest BCUT2D eigenvalue weighted by atomic mass is 10.1. The van der Waals surface area contributed by atoms with Crippen LogP contribution in [0.15, 0.2) is 30.5 Å². The molecule has 15 heavy (non-hydrogen) atoms. The number of pyridine rings is 1. The second-order valence-corrected chi connectivity index (χ2v) is 3.77. The van der Waals surface area contributed by atoms with Gasteiger partial charge in [0.1, 0.15) is 0 Å². The fraction of sp³-hybridized carbons (Fsp3) is 0.167. The van der Waals surface area contributed by atoms with Gasteiger partial charge in [0.05, 0.1) is 16.7 Å². The van der Waals surface area contributed by atoms with E-state index in [0.29, 0.717) is 0 Å². The van der Waals surface area contributed by atoms with Gasteiger partial charge in [-0.2, -0.15) is 5.10 Å². The highest BCUT2D eigenvalue weighted by atomic mass is 15.3. The third-order valence-electron chi connectivity index (χ3n) is 2.76. The molecule has 0 fully saturated rings. The molecule has 0 bridgehead atoms. The monoisotopic (exact) mass is 197 g/mol. The highest BCUT2D eigenvalue weighted by Gasteiger charge is 2.06. The summed E-state index contributed by atoms with van der Waals surface area (Å²) in [6.07, 6.45) is 1.82. The number of rotatable bonds is 0. The minimum atomic E-state index is 1.02. The topological polar surface area (TPSA) is 30.7 Å². The molecule has 0 aliphatic rings. The predicted molar refractivity (Wildman–Crippen MR) is 60.8 cm³/mol. The van der Waals surface area contributed by atoms with Crippen LogP contribution in [0.25, 0.3) is 21.8 Å². The Balaban J connectivity index is 2.55. The summed E-state index contributed by atoms with van der Waals surface area (Å²) >= 11 is 0. The molecule has 2 aromatic heterocycles. The summed E-state index contributed by atoms with van der Waals surface area (Å²) in [5.41, 5.74) is 3.23. The molecule has 3 nitrogen and oxygen atoms in total. The van der Waals surface area contributed by atoms with E-state index in [1.54, 1.807) is 0 Å². The molecule has 0 radical (unpaired) electrons. The molecule has 0 unspecified atom stereocenters. The van der Waals surface area contributed by atoms with Crippen molar-refractivity contribution in [2.75, 3.05) is 0 Å². The van der Waals surface area contributed by atoms with Crippen LogP contribution in [0, 0.1) is 6.92 Å². The van der Waals surface area contributed by atoms with E-state index < -0.39 is 0 Å². The molecule has 0 atom stereocenters. The van der Waals surface area contributed by atoms with Gasteiger partial charge in [0.25, 0.3) is 0 Å². The summed E-state index contributed by atoms with van der Waals surface area (Å²) in [6.45, 7) is 2.03. The number of benzene rings is 1. The van der Waals surface area contributed by atoms with Crippen LogP contribution in [-0.4, -0.2) is 14.8 Å². The zero-order chi connectivity index (χ0) is 10.4. The summed E-state index contributed by atoms with van der Waals surface area (Å²) in [4.78, 5) is 4.34. The molecule has 3 rings (SSSR count). The molecule has 0 aliphatic heterocycles. The van der Waals surface area contributed by atoms with Crippen molar-refractivity contribution in [1.82, 2.24) is 14.8 Å². The van der Waals surface area contributed by atoms with E-state index in [1.165, 1.54) is 10.8 Å². The Bertz CT molecular complexity index is 597. The molecule has 0 N–H and O–H groups in total. The van der Waals surface area contributed by atoms with Gasteiger partial charge in [-0.15, -0.1) is 0 Å². The number of aromatic nitrogens is 3. The van der Waals surface area contributed by atoms with Gasteiger partial charge >= 0.3 is 0 Å². The van der Waals surface area contributed by atoms with E-state index in [9.17, 15) is 0 Å². The second-order valence-electron chi connectivity index (χ2n) is 3.77. The molecule has 1 aromatic carbocycles. The zero-order valence-electron chi connectivity index (χ0n) is 8.73. The highest BCUT2D eigenvalue weighted by Crippen LogP contribution is 2.22. The van der Waals surface area contributed by atoms with Gasteiger partial charge in [0.2, 0.25) is 0 Å². The summed E-state index contributed by atoms with van der Waals surface area (Å²) in [5.74, 6) is 0. The van der Waals surface area contributed by atoms with Crippen molar-refractivity contribution in [3.8, 4) is 0 Å². The molecule has 3 heteroatoms. The van der Waals surface area contributed by atoms with E-state index in [-0.39, 0.29) is 0 Å². The molecule has 2 heterocycles. The van der Waals surface area contributed by atoms with E-state index in [4.69, 9.17) is 0 Å². The van der Waals surface area contributed by atoms with Crippen molar-refractivity contribution in [2.45, 2.75) is 6.92 Å². The lowest BCUT2D eigenvalue weighted by Crippen LogP contribution is -1.89. The summed E-state index contributed by atoms with van der Waals surface area (Å²) < 4.78 is 1.90. The minimum Gasteiger partial charge on any atom is -0.268 e. The standard InChI is InChI=1S/C12H11N3/c1-8-10-6-9-4-3-5-13-11(9)7-12(10)15(2)14-8/h3-7H,1-2H3. The van der Waals surface area contributed by atoms with Crippen LogP contribution in [0.4, 0.5) is 0 Å². The lowest BCUT2D eigenvalue weighted by Gasteiger charge is -1.98. The summed E-state index contributed by atoms with van der Waals surface area (Å²) in [7, 11) is 1.96. The fourth-order valence-corrected chi connectivity index (χ4v) is 2.00. The third-order valence-corrected chi connectivity index (χ3v) is 2.76. The SMILES string of the molecule is Cc1nn(C)c2cc3ncccc3cc12. The van der Waals surface area contributed by atoms with E-state index in [2.05, 4.69) is 28.3 Å². The number of hydrogen-bond donors (Lipinski definition) is 0. The molecule has 0 spiro atoms. The van der Waals surface area contributed by atoms with Gasteiger partial charge in [-0.05, 0) is 25.1 Å². The molecule has 0 amide bonds. The number of nitrogens with zero attached hydrogens (tertiary/aromatic N) is 3. The molecule has 0 saturated carbocycles. The first kappa shape index (κ1) is 8.41. The van der Waals surface area contributed by atoms with Gasteiger partial charge < -0.3 is 0 Å².